The van der Waals surface area contributed by atoms with Gasteiger partial charge in [-0.25, -0.2) is 4.79 Å². The molecule has 0 unspecified atom stereocenters. The fourth-order valence-corrected chi connectivity index (χ4v) is 0.459. The van der Waals surface area contributed by atoms with Crippen molar-refractivity contribution in [2.45, 2.75) is 26.4 Å². The number of hydrogen-bond donors (Lipinski definition) is 1. The van der Waals surface area contributed by atoms with Crippen LogP contribution in [0.5, 0.6) is 0 Å². The van der Waals surface area contributed by atoms with Gasteiger partial charge in [-0.2, -0.15) is 0 Å². The quantitative estimate of drug-likeness (QED) is 0.461. The maximum atomic E-state index is 10.7. The molecule has 0 rings (SSSR count). The average Bonchev–Trinajstić information content (AvgIpc) is 1.79. The minimum absolute atomic E-state index is 0. The number of amides is 1. The maximum Gasteiger partial charge on any atom is 1.00 e. The Bertz CT molecular complexity index is 187. The van der Waals surface area contributed by atoms with Crippen molar-refractivity contribution in [2.24, 2.45) is 0 Å². The first-order valence-corrected chi connectivity index (χ1v) is 3.48. The largest absolute Gasteiger partial charge is 1.00 e. The average molecular weight is 197 g/mol. The van der Waals surface area contributed by atoms with Crippen molar-refractivity contribution in [1.82, 2.24) is 5.32 Å². The molecule has 0 saturated heterocycles. The predicted octanol–water partition coefficient (Wildman–Crippen LogP) is -3.73. The van der Waals surface area contributed by atoms with E-state index in [9.17, 15) is 14.7 Å². The zero-order valence-corrected chi connectivity index (χ0v) is 10.3. The fourth-order valence-electron chi connectivity index (χ4n) is 0.459. The van der Waals surface area contributed by atoms with Gasteiger partial charge in [0.05, 0.1) is 12.5 Å². The number of rotatable bonds is 2. The van der Waals surface area contributed by atoms with Crippen molar-refractivity contribution in [3.05, 3.63) is 0 Å². The molecule has 0 radical (unpaired) electrons. The Morgan fingerprint density at radius 2 is 1.85 bits per heavy atom. The van der Waals surface area contributed by atoms with Crippen LogP contribution in [0.1, 0.15) is 20.8 Å². The second kappa shape index (κ2) is 6.23. The van der Waals surface area contributed by atoms with E-state index in [1.54, 1.807) is 20.8 Å². The van der Waals surface area contributed by atoms with E-state index in [0.29, 0.717) is 0 Å². The van der Waals surface area contributed by atoms with E-state index in [0.717, 1.165) is 0 Å². The summed E-state index contributed by atoms with van der Waals surface area (Å²) in [6, 6.07) is 0. The van der Waals surface area contributed by atoms with Gasteiger partial charge in [-0.1, -0.05) is 0 Å². The topological polar surface area (TPSA) is 78.5 Å². The summed E-state index contributed by atoms with van der Waals surface area (Å²) in [5.41, 5.74) is -0.615. The Balaban J connectivity index is 0. The molecular formula is C7H12NNaO4. The van der Waals surface area contributed by atoms with E-state index in [4.69, 9.17) is 4.74 Å². The first kappa shape index (κ1) is 15.2. The van der Waals surface area contributed by atoms with E-state index >= 15 is 0 Å². The van der Waals surface area contributed by atoms with Gasteiger partial charge in [0.1, 0.15) is 5.60 Å². The summed E-state index contributed by atoms with van der Waals surface area (Å²) >= 11 is 0. The summed E-state index contributed by atoms with van der Waals surface area (Å²) in [6.07, 6.45) is -0.758. The van der Waals surface area contributed by atoms with E-state index in [1.165, 1.54) is 0 Å². The van der Waals surface area contributed by atoms with Crippen molar-refractivity contribution in [2.75, 3.05) is 6.54 Å². The molecule has 0 atom stereocenters. The van der Waals surface area contributed by atoms with Crippen LogP contribution >= 0.6 is 0 Å². The van der Waals surface area contributed by atoms with Gasteiger partial charge in [0, 0.05) is 0 Å². The summed E-state index contributed by atoms with van der Waals surface area (Å²) in [6.45, 7) is 4.53. The van der Waals surface area contributed by atoms with E-state index < -0.39 is 24.2 Å². The van der Waals surface area contributed by atoms with Crippen molar-refractivity contribution < 1.29 is 49.0 Å². The molecule has 1 amide bonds. The molecule has 0 heterocycles. The van der Waals surface area contributed by atoms with Crippen LogP contribution in [-0.2, 0) is 9.53 Å². The SMILES string of the molecule is CC(C)(C)OC(=O)NCC(=O)[O-].[Na+]. The maximum absolute atomic E-state index is 10.7. The third kappa shape index (κ3) is 11.7. The van der Waals surface area contributed by atoms with Crippen LogP contribution in [0.2, 0.25) is 0 Å². The van der Waals surface area contributed by atoms with Crippen LogP contribution in [0.3, 0.4) is 0 Å². The number of carbonyl (C=O) groups excluding carboxylic acids is 2. The Labute approximate surface area is 99.1 Å². The van der Waals surface area contributed by atoms with E-state index in [-0.39, 0.29) is 29.6 Å². The van der Waals surface area contributed by atoms with Crippen LogP contribution < -0.4 is 40.0 Å². The minimum Gasteiger partial charge on any atom is -0.548 e. The molecule has 0 aromatic carbocycles. The van der Waals surface area contributed by atoms with Gasteiger partial charge in [0.15, 0.2) is 0 Å². The molecule has 0 fully saturated rings. The van der Waals surface area contributed by atoms with Crippen LogP contribution in [0.25, 0.3) is 0 Å². The van der Waals surface area contributed by atoms with Gasteiger partial charge in [-0.3, -0.25) is 0 Å². The zero-order chi connectivity index (χ0) is 9.78. The standard InChI is InChI=1S/C7H13NO4.Na/c1-7(2,3)12-6(11)8-4-5(9)10;/h4H2,1-3H3,(H,8,11)(H,9,10);/q;+1/p-1. The molecule has 0 bridgehead atoms. The van der Waals surface area contributed by atoms with Gasteiger partial charge in [0.25, 0.3) is 0 Å². The number of carbonyl (C=O) groups is 2. The molecule has 0 aliphatic heterocycles. The molecule has 0 aromatic rings. The molecule has 6 heteroatoms. The van der Waals surface area contributed by atoms with Crippen LogP contribution in [-0.4, -0.2) is 24.2 Å². The molecule has 13 heavy (non-hydrogen) atoms. The van der Waals surface area contributed by atoms with Crippen molar-refractivity contribution >= 4 is 12.1 Å². The summed E-state index contributed by atoms with van der Waals surface area (Å²) in [5.74, 6) is -1.35. The van der Waals surface area contributed by atoms with Crippen molar-refractivity contribution in [1.29, 1.82) is 0 Å². The Morgan fingerprint density at radius 1 is 1.38 bits per heavy atom. The second-order valence-corrected chi connectivity index (χ2v) is 3.23. The first-order valence-electron chi connectivity index (χ1n) is 3.48. The van der Waals surface area contributed by atoms with Gasteiger partial charge in [-0.15, -0.1) is 0 Å². The molecular weight excluding hydrogens is 185 g/mol. The molecule has 0 spiro atoms. The fraction of sp³-hybridized carbons (Fsp3) is 0.714. The molecule has 5 nitrogen and oxygen atoms in total. The van der Waals surface area contributed by atoms with Crippen LogP contribution in [0, 0.1) is 0 Å². The summed E-state index contributed by atoms with van der Waals surface area (Å²) < 4.78 is 4.75. The number of alkyl carbamates (subject to hydrolysis) is 1. The number of ether oxygens (including phenoxy) is 1. The van der Waals surface area contributed by atoms with Crippen molar-refractivity contribution in [3.63, 3.8) is 0 Å². The molecule has 1 N–H and O–H groups in total. The van der Waals surface area contributed by atoms with E-state index in [1.807, 2.05) is 5.32 Å². The Kier molecular flexibility index (Phi) is 7.30. The molecule has 70 valence electrons. The number of carboxylic acids is 1. The van der Waals surface area contributed by atoms with Gasteiger partial charge < -0.3 is 20.0 Å². The summed E-state index contributed by atoms with van der Waals surface area (Å²) in [4.78, 5) is 20.6. The number of aliphatic carboxylic acids is 1. The summed E-state index contributed by atoms with van der Waals surface area (Å²) in [5, 5.41) is 11.9. The smallest absolute Gasteiger partial charge is 0.548 e. The number of nitrogens with one attached hydrogen (secondary N) is 1. The van der Waals surface area contributed by atoms with Crippen molar-refractivity contribution in [3.8, 4) is 0 Å². The monoisotopic (exact) mass is 197 g/mol. The molecule has 0 saturated carbocycles. The Morgan fingerprint density at radius 3 is 2.15 bits per heavy atom. The van der Waals surface area contributed by atoms with Crippen LogP contribution in [0.15, 0.2) is 0 Å². The third-order valence-electron chi connectivity index (χ3n) is 0.776. The predicted molar refractivity (Wildman–Crippen MR) is 39.2 cm³/mol. The normalized spacial score (nSPS) is 9.77. The van der Waals surface area contributed by atoms with Gasteiger partial charge >= 0.3 is 35.7 Å². The number of hydrogen-bond acceptors (Lipinski definition) is 4. The second-order valence-electron chi connectivity index (χ2n) is 3.23. The molecule has 0 aromatic heterocycles. The zero-order valence-electron chi connectivity index (χ0n) is 8.34. The molecule has 0 aliphatic carbocycles. The molecule has 0 aliphatic rings. The van der Waals surface area contributed by atoms with Gasteiger partial charge in [-0.05, 0) is 20.8 Å². The Hall–Kier alpha value is -0.260. The minimum atomic E-state index is -1.35. The summed E-state index contributed by atoms with van der Waals surface area (Å²) in [7, 11) is 0. The first-order chi connectivity index (χ1) is 5.31. The van der Waals surface area contributed by atoms with Gasteiger partial charge in [0.2, 0.25) is 0 Å². The van der Waals surface area contributed by atoms with E-state index in [2.05, 4.69) is 0 Å². The number of carboxylic acid groups (broad SMARTS) is 1. The van der Waals surface area contributed by atoms with Crippen LogP contribution in [0.4, 0.5) is 4.79 Å². The third-order valence-corrected chi connectivity index (χ3v) is 0.776.